The molecule has 180 valence electrons. The van der Waals surface area contributed by atoms with E-state index in [-0.39, 0.29) is 28.8 Å². The van der Waals surface area contributed by atoms with Gasteiger partial charge in [0.15, 0.2) is 11.6 Å². The fourth-order valence-electron chi connectivity index (χ4n) is 4.07. The summed E-state index contributed by atoms with van der Waals surface area (Å²) in [5, 5.41) is 7.36. The number of nitrogens with zero attached hydrogens (tertiary/aromatic N) is 5. The molecule has 1 fully saturated rings. The van der Waals surface area contributed by atoms with Crippen molar-refractivity contribution < 1.29 is 22.7 Å². The van der Waals surface area contributed by atoms with Gasteiger partial charge >= 0.3 is 0 Å². The molecule has 5 rings (SSSR count). The van der Waals surface area contributed by atoms with Gasteiger partial charge in [-0.2, -0.15) is 5.10 Å². The van der Waals surface area contributed by atoms with Crippen molar-refractivity contribution in [1.82, 2.24) is 24.6 Å². The summed E-state index contributed by atoms with van der Waals surface area (Å²) in [6.07, 6.45) is 3.00. The molecule has 1 aliphatic rings. The predicted molar refractivity (Wildman–Crippen MR) is 122 cm³/mol. The molecule has 11 heteroatoms. The lowest BCUT2D eigenvalue weighted by Crippen LogP contribution is -2.52. The van der Waals surface area contributed by atoms with Gasteiger partial charge in [-0.15, -0.1) is 0 Å². The second kappa shape index (κ2) is 9.34. The Morgan fingerprint density at radius 1 is 1.11 bits per heavy atom. The molecule has 0 aliphatic carbocycles. The fraction of sp³-hybridized carbons (Fsp3) is 0.250. The number of aryl methyl sites for hydroxylation is 1. The Morgan fingerprint density at radius 2 is 1.86 bits per heavy atom. The number of aromatic nitrogens is 4. The topological polar surface area (TPSA) is 85.2 Å². The lowest BCUT2D eigenvalue weighted by atomic mass is 10.0. The lowest BCUT2D eigenvalue weighted by Gasteiger charge is -2.36. The number of anilines is 1. The molecule has 3 heterocycles. The molecule has 1 amide bonds. The van der Waals surface area contributed by atoms with Gasteiger partial charge in [-0.25, -0.2) is 18.2 Å². The number of rotatable bonds is 5. The largest absolute Gasteiger partial charge is 0.377 e. The normalized spacial score (nSPS) is 16.0. The van der Waals surface area contributed by atoms with Crippen LogP contribution in [-0.2, 0) is 11.8 Å². The van der Waals surface area contributed by atoms with Gasteiger partial charge in [0, 0.05) is 37.8 Å². The highest BCUT2D eigenvalue weighted by molar-refractivity contribution is 5.99. The average molecular weight is 482 g/mol. The van der Waals surface area contributed by atoms with Crippen LogP contribution in [-0.4, -0.2) is 62.9 Å². The molecule has 0 saturated carbocycles. The number of fused-ring (bicyclic) bond motifs is 1. The second-order valence-electron chi connectivity index (χ2n) is 8.16. The van der Waals surface area contributed by atoms with Crippen molar-refractivity contribution in [2.45, 2.75) is 6.04 Å². The van der Waals surface area contributed by atoms with E-state index in [2.05, 4.69) is 20.4 Å². The molecule has 2 aromatic carbocycles. The highest BCUT2D eigenvalue weighted by Crippen LogP contribution is 2.26. The number of carbonyl (C=O) groups is 1. The molecule has 35 heavy (non-hydrogen) atoms. The molecule has 1 unspecified atom stereocenters. The Labute approximate surface area is 198 Å². The number of hydrogen-bond donors (Lipinski definition) is 1. The Balaban J connectivity index is 1.36. The number of morpholine rings is 1. The van der Waals surface area contributed by atoms with Crippen LogP contribution in [0.25, 0.3) is 22.2 Å². The van der Waals surface area contributed by atoms with E-state index in [4.69, 9.17) is 4.74 Å². The summed E-state index contributed by atoms with van der Waals surface area (Å²) in [7, 11) is 1.68. The van der Waals surface area contributed by atoms with Crippen LogP contribution in [0.15, 0.2) is 48.8 Å². The number of carbonyl (C=O) groups excluding carboxylic acids is 1. The average Bonchev–Trinajstić information content (AvgIpc) is 3.25. The van der Waals surface area contributed by atoms with E-state index in [1.807, 2.05) is 0 Å². The van der Waals surface area contributed by atoms with Crippen LogP contribution in [0, 0.1) is 17.5 Å². The zero-order valence-electron chi connectivity index (χ0n) is 18.7. The summed E-state index contributed by atoms with van der Waals surface area (Å²) in [4.78, 5) is 23.7. The van der Waals surface area contributed by atoms with Crippen LogP contribution in [0.5, 0.6) is 0 Å². The van der Waals surface area contributed by atoms with E-state index in [0.717, 1.165) is 12.1 Å². The van der Waals surface area contributed by atoms with E-state index < -0.39 is 11.6 Å². The van der Waals surface area contributed by atoms with E-state index in [1.165, 1.54) is 23.0 Å². The molecule has 1 atom stereocenters. The van der Waals surface area contributed by atoms with Crippen LogP contribution in [0.1, 0.15) is 10.5 Å². The summed E-state index contributed by atoms with van der Waals surface area (Å²) in [6.45, 7) is 1.34. The van der Waals surface area contributed by atoms with Crippen molar-refractivity contribution in [1.29, 1.82) is 0 Å². The molecule has 0 radical (unpaired) electrons. The third-order valence-electron chi connectivity index (χ3n) is 5.89. The van der Waals surface area contributed by atoms with Crippen LogP contribution in [0.2, 0.25) is 0 Å². The minimum absolute atomic E-state index is 0.209. The van der Waals surface area contributed by atoms with Crippen molar-refractivity contribution in [3.8, 4) is 11.1 Å². The molecule has 1 aliphatic heterocycles. The first-order valence-electron chi connectivity index (χ1n) is 10.9. The van der Waals surface area contributed by atoms with Crippen LogP contribution >= 0.6 is 0 Å². The summed E-state index contributed by atoms with van der Waals surface area (Å²) in [6, 6.07) is 7.52. The Hall–Kier alpha value is -3.99. The maximum absolute atomic E-state index is 13.6. The van der Waals surface area contributed by atoms with Gasteiger partial charge in [0.1, 0.15) is 17.3 Å². The SMILES string of the molecule is Cn1ncc(-c2ccc(F)cc2)c1C(=O)N1CCOCC1CNc1cnc2cc(F)c(F)cc2n1. The van der Waals surface area contributed by atoms with Crippen LogP contribution in [0.3, 0.4) is 0 Å². The minimum Gasteiger partial charge on any atom is -0.377 e. The Kier molecular flexibility index (Phi) is 6.08. The van der Waals surface area contributed by atoms with E-state index in [9.17, 15) is 18.0 Å². The third-order valence-corrected chi connectivity index (χ3v) is 5.89. The fourth-order valence-corrected chi connectivity index (χ4v) is 4.07. The summed E-state index contributed by atoms with van der Waals surface area (Å²) in [5.74, 6) is -2.24. The molecule has 0 spiro atoms. The van der Waals surface area contributed by atoms with Gasteiger partial charge < -0.3 is 15.0 Å². The van der Waals surface area contributed by atoms with Crippen molar-refractivity contribution in [2.75, 3.05) is 31.6 Å². The smallest absolute Gasteiger partial charge is 0.273 e. The second-order valence-corrected chi connectivity index (χ2v) is 8.16. The van der Waals surface area contributed by atoms with Gasteiger partial charge in [0.05, 0.1) is 42.7 Å². The molecule has 0 bridgehead atoms. The number of benzene rings is 2. The number of amides is 1. The predicted octanol–water partition coefficient (Wildman–Crippen LogP) is 3.40. The quantitative estimate of drug-likeness (QED) is 0.470. The van der Waals surface area contributed by atoms with Crippen molar-refractivity contribution in [3.63, 3.8) is 0 Å². The molecular formula is C24H21F3N6O2. The van der Waals surface area contributed by atoms with Gasteiger partial charge in [0.25, 0.3) is 5.91 Å². The number of hydrogen-bond acceptors (Lipinski definition) is 6. The van der Waals surface area contributed by atoms with Gasteiger partial charge in [-0.05, 0) is 17.7 Å². The first-order valence-corrected chi connectivity index (χ1v) is 10.9. The van der Waals surface area contributed by atoms with E-state index in [0.29, 0.717) is 48.9 Å². The van der Waals surface area contributed by atoms with Crippen LogP contribution in [0.4, 0.5) is 19.0 Å². The summed E-state index contributed by atoms with van der Waals surface area (Å²) in [5.41, 5.74) is 2.11. The van der Waals surface area contributed by atoms with E-state index >= 15 is 0 Å². The lowest BCUT2D eigenvalue weighted by molar-refractivity contribution is 0.00142. The Bertz CT molecular complexity index is 1390. The molecule has 1 saturated heterocycles. The van der Waals surface area contributed by atoms with Crippen LogP contribution < -0.4 is 5.32 Å². The first kappa shape index (κ1) is 22.8. The zero-order valence-corrected chi connectivity index (χ0v) is 18.7. The zero-order chi connectivity index (χ0) is 24.5. The van der Waals surface area contributed by atoms with Gasteiger partial charge in [-0.1, -0.05) is 12.1 Å². The van der Waals surface area contributed by atoms with Gasteiger partial charge in [-0.3, -0.25) is 14.5 Å². The van der Waals surface area contributed by atoms with Gasteiger partial charge in [0.2, 0.25) is 0 Å². The van der Waals surface area contributed by atoms with E-state index in [1.54, 1.807) is 30.3 Å². The molecule has 1 N–H and O–H groups in total. The molecule has 4 aromatic rings. The van der Waals surface area contributed by atoms with Crippen molar-refractivity contribution in [3.05, 3.63) is 71.9 Å². The Morgan fingerprint density at radius 3 is 2.63 bits per heavy atom. The standard InChI is InChI=1S/C24H21F3N6O2/c1-32-23(17(11-30-32)14-2-4-15(25)5-3-14)24(34)33-6-7-35-13-16(33)10-29-22-12-28-20-8-18(26)19(27)9-21(20)31-22/h2-5,8-9,11-12,16H,6-7,10,13H2,1H3,(H,29,31). The maximum atomic E-state index is 13.6. The van der Waals surface area contributed by atoms with Crippen molar-refractivity contribution >= 4 is 22.8 Å². The highest BCUT2D eigenvalue weighted by Gasteiger charge is 2.31. The maximum Gasteiger partial charge on any atom is 0.273 e. The molecular weight excluding hydrogens is 461 g/mol. The third kappa shape index (κ3) is 4.54. The highest BCUT2D eigenvalue weighted by atomic mass is 19.2. The molecule has 8 nitrogen and oxygen atoms in total. The summed E-state index contributed by atoms with van der Waals surface area (Å²) >= 11 is 0. The number of ether oxygens (including phenoxy) is 1. The monoisotopic (exact) mass is 482 g/mol. The summed E-state index contributed by atoms with van der Waals surface area (Å²) < 4.78 is 47.5. The number of nitrogens with one attached hydrogen (secondary N) is 1. The van der Waals surface area contributed by atoms with Crippen molar-refractivity contribution in [2.24, 2.45) is 7.05 Å². The minimum atomic E-state index is -1.01. The first-order chi connectivity index (χ1) is 16.9. The molecule has 2 aromatic heterocycles. The number of halogens is 3.